The molecule has 1 heterocycles. The molecule has 1 aromatic carbocycles. The van der Waals surface area contributed by atoms with Gasteiger partial charge in [-0.15, -0.1) is 0 Å². The second-order valence-corrected chi connectivity index (χ2v) is 8.16. The van der Waals surface area contributed by atoms with E-state index in [0.717, 1.165) is 12.8 Å². The summed E-state index contributed by atoms with van der Waals surface area (Å²) < 4.78 is 5.54. The van der Waals surface area contributed by atoms with E-state index in [4.69, 9.17) is 4.74 Å². The molecule has 1 saturated heterocycles. The molecule has 2 N–H and O–H groups in total. The normalized spacial score (nSPS) is 19.2. The highest BCUT2D eigenvalue weighted by atomic mass is 16.5. The van der Waals surface area contributed by atoms with Crippen LogP contribution in [-0.4, -0.2) is 35.4 Å². The van der Waals surface area contributed by atoms with Gasteiger partial charge in [0.15, 0.2) is 12.4 Å². The maximum absolute atomic E-state index is 12.2. The van der Waals surface area contributed by atoms with Gasteiger partial charge in [0.1, 0.15) is 5.75 Å². The van der Waals surface area contributed by atoms with Gasteiger partial charge in [-0.05, 0) is 64.8 Å². The van der Waals surface area contributed by atoms with Crippen LogP contribution in [0.15, 0.2) is 24.3 Å². The van der Waals surface area contributed by atoms with Crippen LogP contribution >= 0.6 is 0 Å². The van der Waals surface area contributed by atoms with Crippen LogP contribution in [0.25, 0.3) is 0 Å². The van der Waals surface area contributed by atoms with Crippen molar-refractivity contribution in [3.8, 4) is 5.75 Å². The molecule has 1 aliphatic heterocycles. The van der Waals surface area contributed by atoms with Gasteiger partial charge in [0.25, 0.3) is 5.91 Å². The van der Waals surface area contributed by atoms with Gasteiger partial charge in [0.2, 0.25) is 0 Å². The van der Waals surface area contributed by atoms with E-state index in [1.54, 1.807) is 24.3 Å². The number of hydrogen-bond acceptors (Lipinski definition) is 4. The van der Waals surface area contributed by atoms with Crippen LogP contribution in [0.2, 0.25) is 0 Å². The Labute approximate surface area is 150 Å². The third-order valence-electron chi connectivity index (χ3n) is 4.42. The number of carbonyl (C=O) groups is 2. The van der Waals surface area contributed by atoms with Gasteiger partial charge < -0.3 is 15.4 Å². The van der Waals surface area contributed by atoms with Gasteiger partial charge in [-0.1, -0.05) is 6.92 Å². The Balaban J connectivity index is 1.85. The smallest absolute Gasteiger partial charge is 0.258 e. The highest BCUT2D eigenvalue weighted by Crippen LogP contribution is 2.28. The molecule has 138 valence electrons. The first-order valence-electron chi connectivity index (χ1n) is 8.95. The van der Waals surface area contributed by atoms with Gasteiger partial charge in [-0.2, -0.15) is 0 Å². The lowest BCUT2D eigenvalue weighted by Crippen LogP contribution is -2.62. The summed E-state index contributed by atoms with van der Waals surface area (Å²) in [7, 11) is 0. The van der Waals surface area contributed by atoms with Gasteiger partial charge in [-0.25, -0.2) is 0 Å². The summed E-state index contributed by atoms with van der Waals surface area (Å²) in [6, 6.07) is 7.06. The highest BCUT2D eigenvalue weighted by Gasteiger charge is 2.38. The molecule has 2 rings (SSSR count). The van der Waals surface area contributed by atoms with Crippen molar-refractivity contribution in [2.24, 2.45) is 0 Å². The zero-order chi connectivity index (χ0) is 18.7. The molecule has 0 saturated carbocycles. The third-order valence-corrected chi connectivity index (χ3v) is 4.42. The van der Waals surface area contributed by atoms with Gasteiger partial charge in [-0.3, -0.25) is 9.59 Å². The van der Waals surface area contributed by atoms with E-state index < -0.39 is 0 Å². The van der Waals surface area contributed by atoms with Crippen LogP contribution in [0.1, 0.15) is 64.2 Å². The molecule has 1 fully saturated rings. The number of Topliss-reactive ketones (excluding diaryl/α,β-unsaturated/α-hetero) is 1. The predicted molar refractivity (Wildman–Crippen MR) is 99.0 cm³/mol. The lowest BCUT2D eigenvalue weighted by Gasteiger charge is -2.46. The van der Waals surface area contributed by atoms with E-state index >= 15 is 0 Å². The number of ether oxygens (including phenoxy) is 1. The monoisotopic (exact) mass is 346 g/mol. The van der Waals surface area contributed by atoms with Crippen molar-refractivity contribution < 1.29 is 14.3 Å². The summed E-state index contributed by atoms with van der Waals surface area (Å²) in [4.78, 5) is 23.8. The van der Waals surface area contributed by atoms with Crippen LogP contribution in [0.5, 0.6) is 5.75 Å². The average Bonchev–Trinajstić information content (AvgIpc) is 2.49. The van der Waals surface area contributed by atoms with Crippen molar-refractivity contribution in [3.63, 3.8) is 0 Å². The minimum atomic E-state index is -0.118. The van der Waals surface area contributed by atoms with Gasteiger partial charge in [0.05, 0.1) is 0 Å². The van der Waals surface area contributed by atoms with E-state index in [0.29, 0.717) is 17.7 Å². The van der Waals surface area contributed by atoms with E-state index in [1.807, 2.05) is 6.92 Å². The van der Waals surface area contributed by atoms with Crippen LogP contribution in [0.3, 0.4) is 0 Å². The quantitative estimate of drug-likeness (QED) is 0.777. The first-order valence-corrected chi connectivity index (χ1v) is 8.95. The molecule has 0 atom stereocenters. The summed E-state index contributed by atoms with van der Waals surface area (Å²) in [5.41, 5.74) is 0.642. The molecule has 5 heteroatoms. The molecule has 5 nitrogen and oxygen atoms in total. The van der Waals surface area contributed by atoms with E-state index in [-0.39, 0.29) is 35.4 Å². The fourth-order valence-corrected chi connectivity index (χ4v) is 3.78. The van der Waals surface area contributed by atoms with Gasteiger partial charge >= 0.3 is 0 Å². The van der Waals surface area contributed by atoms with Crippen molar-refractivity contribution in [1.29, 1.82) is 0 Å². The second-order valence-electron chi connectivity index (χ2n) is 8.16. The molecule has 1 aromatic rings. The number of benzene rings is 1. The van der Waals surface area contributed by atoms with E-state index in [2.05, 4.69) is 38.3 Å². The van der Waals surface area contributed by atoms with E-state index in [9.17, 15) is 9.59 Å². The van der Waals surface area contributed by atoms with Crippen molar-refractivity contribution >= 4 is 11.7 Å². The minimum Gasteiger partial charge on any atom is -0.484 e. The number of ketones is 1. The first kappa shape index (κ1) is 19.4. The Morgan fingerprint density at radius 2 is 1.68 bits per heavy atom. The van der Waals surface area contributed by atoms with Crippen molar-refractivity contribution in [3.05, 3.63) is 29.8 Å². The zero-order valence-electron chi connectivity index (χ0n) is 15.9. The Morgan fingerprint density at radius 1 is 1.12 bits per heavy atom. The van der Waals surface area contributed by atoms with Crippen LogP contribution in [0, 0.1) is 0 Å². The summed E-state index contributed by atoms with van der Waals surface area (Å²) in [6.45, 7) is 10.4. The average molecular weight is 346 g/mol. The summed E-state index contributed by atoms with van der Waals surface area (Å²) in [6.07, 6.45) is 2.25. The number of carbonyl (C=O) groups excluding carboxylic acids is 2. The van der Waals surface area contributed by atoms with Crippen molar-refractivity contribution in [2.75, 3.05) is 6.61 Å². The van der Waals surface area contributed by atoms with Gasteiger partial charge in [0, 0.05) is 29.1 Å². The molecular formula is C20H30N2O3. The number of rotatable bonds is 6. The molecule has 25 heavy (non-hydrogen) atoms. The van der Waals surface area contributed by atoms with Crippen LogP contribution < -0.4 is 15.4 Å². The SMILES string of the molecule is CCC(=O)c1ccc(OCC(=O)NC2CC(C)(C)NC(C)(C)C2)cc1. The molecule has 0 aliphatic carbocycles. The maximum Gasteiger partial charge on any atom is 0.258 e. The lowest BCUT2D eigenvalue weighted by molar-refractivity contribution is -0.124. The van der Waals surface area contributed by atoms with Crippen LogP contribution in [-0.2, 0) is 4.79 Å². The topological polar surface area (TPSA) is 67.4 Å². The largest absolute Gasteiger partial charge is 0.484 e. The number of piperidine rings is 1. The van der Waals surface area contributed by atoms with E-state index in [1.165, 1.54) is 0 Å². The van der Waals surface area contributed by atoms with Crippen LogP contribution in [0.4, 0.5) is 0 Å². The molecular weight excluding hydrogens is 316 g/mol. The fourth-order valence-electron chi connectivity index (χ4n) is 3.78. The molecule has 0 unspecified atom stereocenters. The number of nitrogens with one attached hydrogen (secondary N) is 2. The maximum atomic E-state index is 12.2. The molecule has 0 spiro atoms. The number of amides is 1. The fraction of sp³-hybridized carbons (Fsp3) is 0.600. The molecule has 0 bridgehead atoms. The third kappa shape index (κ3) is 5.85. The molecule has 0 radical (unpaired) electrons. The summed E-state index contributed by atoms with van der Waals surface area (Å²) in [5, 5.41) is 6.68. The standard InChI is InChI=1S/C20H30N2O3/c1-6-17(23)14-7-9-16(10-8-14)25-13-18(24)21-15-11-19(2,3)22-20(4,5)12-15/h7-10,15,22H,6,11-13H2,1-5H3,(H,21,24). The number of hydrogen-bond donors (Lipinski definition) is 2. The summed E-state index contributed by atoms with van der Waals surface area (Å²) in [5.74, 6) is 0.571. The Morgan fingerprint density at radius 3 is 2.20 bits per heavy atom. The molecule has 1 aliphatic rings. The zero-order valence-corrected chi connectivity index (χ0v) is 15.9. The molecule has 0 aromatic heterocycles. The lowest BCUT2D eigenvalue weighted by atomic mass is 9.79. The van der Waals surface area contributed by atoms with Crippen molar-refractivity contribution in [1.82, 2.24) is 10.6 Å². The summed E-state index contributed by atoms with van der Waals surface area (Å²) >= 11 is 0. The first-order chi connectivity index (χ1) is 11.6. The Hall–Kier alpha value is -1.88. The Bertz CT molecular complexity index is 604. The highest BCUT2D eigenvalue weighted by molar-refractivity contribution is 5.95. The molecule has 1 amide bonds. The van der Waals surface area contributed by atoms with Crippen molar-refractivity contribution in [2.45, 2.75) is 71.0 Å². The minimum absolute atomic E-state index is 0.0117. The second kappa shape index (κ2) is 7.56. The Kier molecular flexibility index (Phi) is 5.88. The predicted octanol–water partition coefficient (Wildman–Crippen LogP) is 3.08.